The van der Waals surface area contributed by atoms with Crippen molar-refractivity contribution < 1.29 is 19.4 Å². The molecule has 0 saturated heterocycles. The molecular weight excluding hydrogens is 422 g/mol. The van der Waals surface area contributed by atoms with E-state index in [2.05, 4.69) is 4.98 Å². The fraction of sp³-hybridized carbons (Fsp3) is 0.304. The highest BCUT2D eigenvalue weighted by molar-refractivity contribution is 7.13. The number of aromatic nitrogens is 1. The summed E-state index contributed by atoms with van der Waals surface area (Å²) in [6.45, 7) is 6.44. The summed E-state index contributed by atoms with van der Waals surface area (Å²) in [6.07, 6.45) is -0.516. The van der Waals surface area contributed by atoms with Crippen LogP contribution in [0.2, 0.25) is 5.02 Å². The molecule has 0 fully saturated rings. The number of halogens is 1. The summed E-state index contributed by atoms with van der Waals surface area (Å²) in [7, 11) is 0. The van der Waals surface area contributed by atoms with Crippen LogP contribution in [0.5, 0.6) is 5.75 Å². The number of nitrogens with zero attached hydrogens (tertiary/aromatic N) is 1. The van der Waals surface area contributed by atoms with E-state index in [1.165, 1.54) is 0 Å². The molecule has 1 atom stereocenters. The van der Waals surface area contributed by atoms with Crippen LogP contribution in [-0.4, -0.2) is 28.8 Å². The second-order valence-corrected chi connectivity index (χ2v) is 8.26. The zero-order valence-corrected chi connectivity index (χ0v) is 18.7. The van der Waals surface area contributed by atoms with Crippen LogP contribution in [0.15, 0.2) is 41.8 Å². The van der Waals surface area contributed by atoms with Gasteiger partial charge < -0.3 is 14.6 Å². The third kappa shape index (κ3) is 5.59. The molecule has 0 bridgehead atoms. The van der Waals surface area contributed by atoms with Gasteiger partial charge in [0.15, 0.2) is 6.10 Å². The first-order valence-corrected chi connectivity index (χ1v) is 10.9. The molecule has 158 valence electrons. The van der Waals surface area contributed by atoms with E-state index >= 15 is 0 Å². The Kier molecular flexibility index (Phi) is 7.48. The number of hydrogen-bond acceptors (Lipinski definition) is 5. The fourth-order valence-electron chi connectivity index (χ4n) is 3.22. The molecule has 0 radical (unpaired) electrons. The van der Waals surface area contributed by atoms with Crippen molar-refractivity contribution in [3.05, 3.63) is 69.2 Å². The van der Waals surface area contributed by atoms with E-state index in [1.807, 2.05) is 55.6 Å². The second-order valence-electron chi connectivity index (χ2n) is 6.96. The van der Waals surface area contributed by atoms with Crippen molar-refractivity contribution in [1.29, 1.82) is 0 Å². The molecule has 0 unspecified atom stereocenters. The minimum absolute atomic E-state index is 0.331. The molecule has 0 aliphatic heterocycles. The number of carbonyl (C=O) groups is 1. The van der Waals surface area contributed by atoms with E-state index in [9.17, 15) is 9.90 Å². The molecule has 30 heavy (non-hydrogen) atoms. The van der Waals surface area contributed by atoms with E-state index in [0.717, 1.165) is 38.7 Å². The van der Waals surface area contributed by atoms with E-state index in [-0.39, 0.29) is 0 Å². The van der Waals surface area contributed by atoms with Gasteiger partial charge in [-0.1, -0.05) is 23.7 Å². The number of aliphatic carboxylic acids is 1. The lowest BCUT2D eigenvalue weighted by atomic mass is 9.97. The van der Waals surface area contributed by atoms with Gasteiger partial charge in [0.1, 0.15) is 17.4 Å². The van der Waals surface area contributed by atoms with E-state index in [1.54, 1.807) is 18.3 Å². The van der Waals surface area contributed by atoms with Crippen LogP contribution in [0.4, 0.5) is 0 Å². The number of carboxylic acids is 1. The number of thiazole rings is 1. The fourth-order valence-corrected chi connectivity index (χ4v) is 4.16. The zero-order valence-electron chi connectivity index (χ0n) is 17.1. The van der Waals surface area contributed by atoms with Crippen molar-refractivity contribution in [3.63, 3.8) is 0 Å². The molecule has 3 rings (SSSR count). The van der Waals surface area contributed by atoms with Gasteiger partial charge in [-0.3, -0.25) is 0 Å². The summed E-state index contributed by atoms with van der Waals surface area (Å²) in [5.41, 5.74) is 4.81. The number of rotatable bonds is 9. The minimum atomic E-state index is -0.948. The van der Waals surface area contributed by atoms with Crippen LogP contribution in [-0.2, 0) is 22.6 Å². The van der Waals surface area contributed by atoms with Gasteiger partial charge in [0.05, 0.1) is 5.69 Å². The van der Waals surface area contributed by atoms with Crippen LogP contribution >= 0.6 is 22.9 Å². The maximum absolute atomic E-state index is 11.4. The lowest BCUT2D eigenvalue weighted by Gasteiger charge is -2.17. The first-order valence-electron chi connectivity index (χ1n) is 9.65. The summed E-state index contributed by atoms with van der Waals surface area (Å²) in [6, 6.07) is 11.5. The molecule has 1 heterocycles. The van der Waals surface area contributed by atoms with Crippen LogP contribution < -0.4 is 4.74 Å². The summed E-state index contributed by atoms with van der Waals surface area (Å²) in [5, 5.41) is 12.9. The van der Waals surface area contributed by atoms with Gasteiger partial charge in [-0.15, -0.1) is 11.3 Å². The Morgan fingerprint density at radius 3 is 2.47 bits per heavy atom. The molecule has 0 saturated carbocycles. The Hall–Kier alpha value is -2.41. The average molecular weight is 446 g/mol. The van der Waals surface area contributed by atoms with E-state index in [0.29, 0.717) is 24.7 Å². The molecule has 0 aliphatic rings. The molecule has 2 aromatic carbocycles. The van der Waals surface area contributed by atoms with Gasteiger partial charge in [-0.2, -0.15) is 0 Å². The zero-order chi connectivity index (χ0) is 21.7. The number of hydrogen-bond donors (Lipinski definition) is 1. The summed E-state index contributed by atoms with van der Waals surface area (Å²) in [5.74, 6) is -0.214. The van der Waals surface area contributed by atoms with Gasteiger partial charge >= 0.3 is 5.97 Å². The monoisotopic (exact) mass is 445 g/mol. The Labute approximate surface area is 185 Å². The molecule has 3 aromatic rings. The van der Waals surface area contributed by atoms with E-state index < -0.39 is 12.1 Å². The van der Waals surface area contributed by atoms with Crippen LogP contribution in [0, 0.1) is 13.8 Å². The van der Waals surface area contributed by atoms with E-state index in [4.69, 9.17) is 21.1 Å². The quantitative estimate of drug-likeness (QED) is 0.458. The SMILES string of the molecule is CCO[C@@H](Cc1c(C)cc(OCc2csc(-c3ccc(Cl)cc3)n2)cc1C)C(=O)O. The summed E-state index contributed by atoms with van der Waals surface area (Å²) < 4.78 is 11.3. The first kappa shape index (κ1) is 22.3. The Bertz CT molecular complexity index is 993. The smallest absolute Gasteiger partial charge is 0.333 e. The topological polar surface area (TPSA) is 68.7 Å². The highest BCUT2D eigenvalue weighted by Gasteiger charge is 2.20. The third-order valence-corrected chi connectivity index (χ3v) is 5.92. The van der Waals surface area contributed by atoms with Crippen molar-refractivity contribution in [1.82, 2.24) is 4.98 Å². The number of benzene rings is 2. The summed E-state index contributed by atoms with van der Waals surface area (Å²) >= 11 is 7.51. The average Bonchev–Trinajstić information content (AvgIpc) is 3.17. The van der Waals surface area contributed by atoms with Gasteiger partial charge in [-0.05, 0) is 61.7 Å². The van der Waals surface area contributed by atoms with Crippen LogP contribution in [0.1, 0.15) is 29.3 Å². The molecule has 5 nitrogen and oxygen atoms in total. The molecule has 1 aromatic heterocycles. The highest BCUT2D eigenvalue weighted by atomic mass is 35.5. The molecule has 7 heteroatoms. The van der Waals surface area contributed by atoms with Crippen molar-refractivity contribution in [3.8, 4) is 16.3 Å². The molecule has 1 N–H and O–H groups in total. The lowest BCUT2D eigenvalue weighted by molar-refractivity contribution is -0.149. The lowest BCUT2D eigenvalue weighted by Crippen LogP contribution is -2.27. The van der Waals surface area contributed by atoms with Crippen molar-refractivity contribution in [2.45, 2.75) is 39.9 Å². The normalized spacial score (nSPS) is 12.0. The number of aryl methyl sites for hydroxylation is 2. The standard InChI is InChI=1S/C23H24ClNO4S/c1-4-28-21(23(26)27)11-20-14(2)9-19(10-15(20)3)29-12-18-13-30-22(25-18)16-5-7-17(24)8-6-16/h5-10,13,21H,4,11-12H2,1-3H3,(H,26,27)/t21-/m0/s1. The molecule has 0 spiro atoms. The first-order chi connectivity index (χ1) is 14.4. The predicted molar refractivity (Wildman–Crippen MR) is 120 cm³/mol. The van der Waals surface area contributed by atoms with Gasteiger partial charge in [0.25, 0.3) is 0 Å². The van der Waals surface area contributed by atoms with Gasteiger partial charge in [0.2, 0.25) is 0 Å². The molecule has 0 amide bonds. The number of carboxylic acid groups (broad SMARTS) is 1. The third-order valence-electron chi connectivity index (χ3n) is 4.73. The maximum Gasteiger partial charge on any atom is 0.333 e. The van der Waals surface area contributed by atoms with Crippen molar-refractivity contribution in [2.75, 3.05) is 6.61 Å². The van der Waals surface area contributed by atoms with Crippen LogP contribution in [0.25, 0.3) is 10.6 Å². The number of ether oxygens (including phenoxy) is 2. The Balaban J connectivity index is 1.68. The molecular formula is C23H24ClNO4S. The second kappa shape index (κ2) is 10.1. The highest BCUT2D eigenvalue weighted by Crippen LogP contribution is 2.27. The maximum atomic E-state index is 11.4. The predicted octanol–water partition coefficient (Wildman–Crippen LogP) is 5.69. The van der Waals surface area contributed by atoms with Crippen molar-refractivity contribution >= 4 is 28.9 Å². The summed E-state index contributed by atoms with van der Waals surface area (Å²) in [4.78, 5) is 16.0. The van der Waals surface area contributed by atoms with Gasteiger partial charge in [0, 0.05) is 29.0 Å². The Morgan fingerprint density at radius 2 is 1.87 bits per heavy atom. The molecule has 0 aliphatic carbocycles. The van der Waals surface area contributed by atoms with Crippen molar-refractivity contribution in [2.24, 2.45) is 0 Å². The van der Waals surface area contributed by atoms with Gasteiger partial charge in [-0.25, -0.2) is 9.78 Å². The minimum Gasteiger partial charge on any atom is -0.487 e. The largest absolute Gasteiger partial charge is 0.487 e. The van der Waals surface area contributed by atoms with Crippen LogP contribution in [0.3, 0.4) is 0 Å². The Morgan fingerprint density at radius 1 is 1.20 bits per heavy atom.